The summed E-state index contributed by atoms with van der Waals surface area (Å²) in [5.41, 5.74) is 1.42. The van der Waals surface area contributed by atoms with Gasteiger partial charge in [0, 0.05) is 24.1 Å². The van der Waals surface area contributed by atoms with Crippen molar-refractivity contribution in [1.29, 1.82) is 0 Å². The Morgan fingerprint density at radius 2 is 1.88 bits per heavy atom. The average Bonchev–Trinajstić information content (AvgIpc) is 2.65. The SMILES string of the molecule is O=C(NCc1ccccc1)c1ccc2c(c1)Cc1c([nH]c(=O)[nH]c1=O)O2. The Hall–Kier alpha value is -3.61. The van der Waals surface area contributed by atoms with Gasteiger partial charge in [-0.15, -0.1) is 0 Å². The van der Waals surface area contributed by atoms with Crippen molar-refractivity contribution in [2.75, 3.05) is 0 Å². The fraction of sp³-hybridized carbons (Fsp3) is 0.105. The molecule has 0 unspecified atom stereocenters. The third-order valence-corrected chi connectivity index (χ3v) is 4.20. The lowest BCUT2D eigenvalue weighted by atomic mass is 10.0. The highest BCUT2D eigenvalue weighted by atomic mass is 16.5. The number of rotatable bonds is 3. The van der Waals surface area contributed by atoms with Crippen molar-refractivity contribution >= 4 is 5.91 Å². The lowest BCUT2D eigenvalue weighted by Crippen LogP contribution is -2.28. The topological polar surface area (TPSA) is 104 Å². The molecule has 1 aromatic heterocycles. The Balaban J connectivity index is 1.56. The van der Waals surface area contributed by atoms with Crippen molar-refractivity contribution in [3.63, 3.8) is 0 Å². The van der Waals surface area contributed by atoms with E-state index >= 15 is 0 Å². The lowest BCUT2D eigenvalue weighted by Gasteiger charge is -2.19. The van der Waals surface area contributed by atoms with Gasteiger partial charge in [0.1, 0.15) is 5.75 Å². The zero-order chi connectivity index (χ0) is 18.1. The Labute approximate surface area is 147 Å². The van der Waals surface area contributed by atoms with Crippen molar-refractivity contribution in [3.8, 4) is 11.6 Å². The maximum Gasteiger partial charge on any atom is 0.328 e. The molecule has 0 spiro atoms. The summed E-state index contributed by atoms with van der Waals surface area (Å²) in [6.45, 7) is 0.428. The predicted octanol–water partition coefficient (Wildman–Crippen LogP) is 1.69. The second-order valence-corrected chi connectivity index (χ2v) is 5.99. The van der Waals surface area contributed by atoms with Crippen LogP contribution < -0.4 is 21.3 Å². The number of fused-ring (bicyclic) bond motifs is 2. The Kier molecular flexibility index (Phi) is 3.89. The molecule has 3 N–H and O–H groups in total. The summed E-state index contributed by atoms with van der Waals surface area (Å²) < 4.78 is 5.60. The van der Waals surface area contributed by atoms with Crippen molar-refractivity contribution in [2.24, 2.45) is 0 Å². The smallest absolute Gasteiger partial charge is 0.328 e. The molecule has 4 rings (SSSR count). The number of H-pyrrole nitrogens is 2. The standard InChI is InChI=1S/C19H15N3O4/c23-16(20-10-11-4-2-1-3-5-11)12-6-7-15-13(8-12)9-14-17(24)21-19(25)22-18(14)26-15/h1-8H,9-10H2,(H,20,23)(H2,21,22,24,25). The van der Waals surface area contributed by atoms with Crippen molar-refractivity contribution in [1.82, 2.24) is 15.3 Å². The summed E-state index contributed by atoms with van der Waals surface area (Å²) in [5.74, 6) is 0.448. The first-order valence-electron chi connectivity index (χ1n) is 8.08. The minimum Gasteiger partial charge on any atom is -0.440 e. The minimum absolute atomic E-state index is 0.146. The number of aromatic amines is 2. The largest absolute Gasteiger partial charge is 0.440 e. The number of nitrogens with one attached hydrogen (secondary N) is 3. The number of ether oxygens (including phenoxy) is 1. The van der Waals surface area contributed by atoms with E-state index in [0.29, 0.717) is 29.0 Å². The molecule has 0 atom stereocenters. The molecule has 130 valence electrons. The number of carbonyl (C=O) groups is 1. The van der Waals surface area contributed by atoms with E-state index in [-0.39, 0.29) is 18.2 Å². The van der Waals surface area contributed by atoms with Crippen LogP contribution in [-0.4, -0.2) is 15.9 Å². The van der Waals surface area contributed by atoms with Crippen LogP contribution in [0.2, 0.25) is 0 Å². The molecule has 0 bridgehead atoms. The molecule has 1 aliphatic heterocycles. The van der Waals surface area contributed by atoms with E-state index in [1.165, 1.54) is 0 Å². The number of amides is 1. The molecule has 2 heterocycles. The van der Waals surface area contributed by atoms with E-state index in [4.69, 9.17) is 4.74 Å². The molecule has 0 saturated heterocycles. The van der Waals surface area contributed by atoms with Crippen molar-refractivity contribution in [3.05, 3.63) is 91.6 Å². The van der Waals surface area contributed by atoms with Gasteiger partial charge in [0.25, 0.3) is 11.5 Å². The van der Waals surface area contributed by atoms with Crippen LogP contribution in [-0.2, 0) is 13.0 Å². The monoisotopic (exact) mass is 349 g/mol. The highest BCUT2D eigenvalue weighted by Crippen LogP contribution is 2.33. The summed E-state index contributed by atoms with van der Waals surface area (Å²) in [7, 11) is 0. The third-order valence-electron chi connectivity index (χ3n) is 4.20. The maximum absolute atomic E-state index is 12.4. The van der Waals surface area contributed by atoms with E-state index in [1.54, 1.807) is 18.2 Å². The number of hydrogen-bond acceptors (Lipinski definition) is 4. The summed E-state index contributed by atoms with van der Waals surface area (Å²) in [6.07, 6.45) is 0.274. The van der Waals surface area contributed by atoms with Crippen LogP contribution in [0.1, 0.15) is 27.0 Å². The highest BCUT2D eigenvalue weighted by Gasteiger charge is 2.22. The number of benzene rings is 2. The van der Waals surface area contributed by atoms with Crippen molar-refractivity contribution < 1.29 is 9.53 Å². The first-order valence-corrected chi connectivity index (χ1v) is 8.08. The lowest BCUT2D eigenvalue weighted by molar-refractivity contribution is 0.0951. The molecule has 0 aliphatic carbocycles. The number of aromatic nitrogens is 2. The Morgan fingerprint density at radius 3 is 2.69 bits per heavy atom. The van der Waals surface area contributed by atoms with Crippen LogP contribution in [0.25, 0.3) is 0 Å². The predicted molar refractivity (Wildman–Crippen MR) is 94.6 cm³/mol. The normalized spacial score (nSPS) is 11.8. The van der Waals surface area contributed by atoms with Gasteiger partial charge in [-0.05, 0) is 23.8 Å². The first kappa shape index (κ1) is 15.9. The van der Waals surface area contributed by atoms with Gasteiger partial charge < -0.3 is 10.1 Å². The average molecular weight is 349 g/mol. The molecular weight excluding hydrogens is 334 g/mol. The Morgan fingerprint density at radius 1 is 1.08 bits per heavy atom. The van der Waals surface area contributed by atoms with Crippen LogP contribution >= 0.6 is 0 Å². The Bertz CT molecular complexity index is 1100. The van der Waals surface area contributed by atoms with Gasteiger partial charge in [0.15, 0.2) is 0 Å². The zero-order valence-corrected chi connectivity index (χ0v) is 13.7. The second kappa shape index (κ2) is 6.36. The van der Waals surface area contributed by atoms with Crippen LogP contribution in [0.3, 0.4) is 0 Å². The van der Waals surface area contributed by atoms with E-state index in [9.17, 15) is 14.4 Å². The molecule has 0 radical (unpaired) electrons. The van der Waals surface area contributed by atoms with Gasteiger partial charge in [0.2, 0.25) is 5.88 Å². The van der Waals surface area contributed by atoms with E-state index in [2.05, 4.69) is 15.3 Å². The van der Waals surface area contributed by atoms with E-state index in [1.807, 2.05) is 30.3 Å². The summed E-state index contributed by atoms with van der Waals surface area (Å²) in [4.78, 5) is 40.3. The summed E-state index contributed by atoms with van der Waals surface area (Å²) in [5, 5.41) is 2.86. The molecule has 26 heavy (non-hydrogen) atoms. The van der Waals surface area contributed by atoms with Crippen LogP contribution in [0.5, 0.6) is 11.6 Å². The van der Waals surface area contributed by atoms with Gasteiger partial charge >= 0.3 is 5.69 Å². The molecule has 1 aliphatic rings. The van der Waals surface area contributed by atoms with Gasteiger partial charge in [0.05, 0.1) is 5.56 Å². The fourth-order valence-electron chi connectivity index (χ4n) is 2.88. The molecule has 1 amide bonds. The molecule has 3 aromatic rings. The van der Waals surface area contributed by atoms with Crippen LogP contribution in [0, 0.1) is 0 Å². The van der Waals surface area contributed by atoms with Gasteiger partial charge in [-0.1, -0.05) is 30.3 Å². The van der Waals surface area contributed by atoms with E-state index < -0.39 is 11.2 Å². The van der Waals surface area contributed by atoms with Gasteiger partial charge in [-0.3, -0.25) is 19.6 Å². The first-order chi connectivity index (χ1) is 12.6. The fourth-order valence-corrected chi connectivity index (χ4v) is 2.88. The third kappa shape index (κ3) is 3.02. The van der Waals surface area contributed by atoms with Crippen LogP contribution in [0.15, 0.2) is 58.1 Å². The summed E-state index contributed by atoms with van der Waals surface area (Å²) >= 11 is 0. The molecular formula is C19H15N3O4. The molecule has 7 heteroatoms. The quantitative estimate of drug-likeness (QED) is 0.523. The number of carbonyl (C=O) groups excluding carboxylic acids is 1. The number of hydrogen-bond donors (Lipinski definition) is 3. The van der Waals surface area contributed by atoms with Gasteiger partial charge in [-0.2, -0.15) is 0 Å². The minimum atomic E-state index is -0.617. The van der Waals surface area contributed by atoms with Gasteiger partial charge in [-0.25, -0.2) is 4.79 Å². The van der Waals surface area contributed by atoms with E-state index in [0.717, 1.165) is 5.56 Å². The molecule has 7 nitrogen and oxygen atoms in total. The molecule has 2 aromatic carbocycles. The summed E-state index contributed by atoms with van der Waals surface area (Å²) in [6, 6.07) is 14.6. The second-order valence-electron chi connectivity index (χ2n) is 5.99. The van der Waals surface area contributed by atoms with Crippen LogP contribution in [0.4, 0.5) is 0 Å². The molecule has 0 fully saturated rings. The van der Waals surface area contributed by atoms with Crippen molar-refractivity contribution in [2.45, 2.75) is 13.0 Å². The maximum atomic E-state index is 12.4. The highest BCUT2D eigenvalue weighted by molar-refractivity contribution is 5.94. The zero-order valence-electron chi connectivity index (χ0n) is 13.7. The molecule has 0 saturated carbocycles.